The van der Waals surface area contributed by atoms with Crippen LogP contribution in [0.4, 0.5) is 5.69 Å². The summed E-state index contributed by atoms with van der Waals surface area (Å²) in [5, 5.41) is 6.59. The van der Waals surface area contributed by atoms with Crippen LogP contribution < -0.4 is 10.6 Å². The molecule has 0 saturated carbocycles. The molecule has 2 N–H and O–H groups in total. The summed E-state index contributed by atoms with van der Waals surface area (Å²) in [7, 11) is 0. The van der Waals surface area contributed by atoms with Crippen molar-refractivity contribution in [1.82, 2.24) is 10.2 Å². The number of piperidine rings is 1. The maximum atomic E-state index is 12.0. The molecule has 1 amide bonds. The van der Waals surface area contributed by atoms with Crippen molar-refractivity contribution in [2.75, 3.05) is 31.5 Å². The van der Waals surface area contributed by atoms with E-state index in [9.17, 15) is 4.79 Å². The van der Waals surface area contributed by atoms with E-state index in [0.29, 0.717) is 6.04 Å². The number of carbonyl (C=O) groups excluding carboxylic acids is 1. The lowest BCUT2D eigenvalue weighted by Crippen LogP contribution is -2.39. The minimum absolute atomic E-state index is 0.0242. The van der Waals surface area contributed by atoms with Gasteiger partial charge in [-0.1, -0.05) is 13.0 Å². The number of nitrogens with one attached hydrogen (secondary N) is 2. The van der Waals surface area contributed by atoms with Crippen LogP contribution in [-0.4, -0.2) is 43.0 Å². The number of fused-ring (bicyclic) bond motifs is 2. The van der Waals surface area contributed by atoms with E-state index in [0.717, 1.165) is 30.1 Å². The lowest BCUT2D eigenvalue weighted by Gasteiger charge is -2.31. The fourth-order valence-electron chi connectivity index (χ4n) is 3.45. The molecule has 4 heteroatoms. The topological polar surface area (TPSA) is 44.4 Å². The van der Waals surface area contributed by atoms with Crippen molar-refractivity contribution < 1.29 is 4.79 Å². The second-order valence-corrected chi connectivity index (χ2v) is 6.23. The van der Waals surface area contributed by atoms with E-state index < -0.39 is 0 Å². The van der Waals surface area contributed by atoms with Gasteiger partial charge in [-0.05, 0) is 49.9 Å². The molecule has 3 rings (SSSR count). The minimum Gasteiger partial charge on any atom is -0.382 e. The van der Waals surface area contributed by atoms with Crippen molar-refractivity contribution >= 4 is 11.6 Å². The van der Waals surface area contributed by atoms with Crippen LogP contribution >= 0.6 is 0 Å². The predicted molar refractivity (Wildman–Crippen MR) is 85.6 cm³/mol. The fraction of sp³-hybridized carbons (Fsp3) is 0.588. The quantitative estimate of drug-likeness (QED) is 0.873. The normalized spacial score (nSPS) is 27.4. The number of rotatable bonds is 5. The van der Waals surface area contributed by atoms with Crippen LogP contribution in [0.2, 0.25) is 0 Å². The molecule has 2 heterocycles. The highest BCUT2D eigenvalue weighted by Gasteiger charge is 2.34. The van der Waals surface area contributed by atoms with Crippen LogP contribution in [0.1, 0.15) is 36.5 Å². The molecule has 2 aliphatic rings. The second kappa shape index (κ2) is 6.48. The molecule has 1 aromatic carbocycles. The van der Waals surface area contributed by atoms with Crippen LogP contribution in [-0.2, 0) is 0 Å². The van der Waals surface area contributed by atoms with Crippen molar-refractivity contribution in [1.29, 1.82) is 0 Å². The summed E-state index contributed by atoms with van der Waals surface area (Å²) in [6, 6.07) is 8.45. The van der Waals surface area contributed by atoms with Gasteiger partial charge in [0.25, 0.3) is 5.91 Å². The van der Waals surface area contributed by atoms with Crippen molar-refractivity contribution in [2.45, 2.75) is 32.2 Å². The van der Waals surface area contributed by atoms with E-state index in [1.54, 1.807) is 0 Å². The molecule has 2 bridgehead atoms. The van der Waals surface area contributed by atoms with E-state index in [4.69, 9.17) is 0 Å². The third kappa shape index (κ3) is 3.38. The summed E-state index contributed by atoms with van der Waals surface area (Å²) in [5.74, 6) is 0.785. The van der Waals surface area contributed by atoms with Gasteiger partial charge >= 0.3 is 0 Å². The van der Waals surface area contributed by atoms with Crippen LogP contribution in [0.25, 0.3) is 0 Å². The van der Waals surface area contributed by atoms with Crippen molar-refractivity contribution in [2.24, 2.45) is 5.92 Å². The van der Waals surface area contributed by atoms with Crippen LogP contribution in [0, 0.1) is 5.92 Å². The summed E-state index contributed by atoms with van der Waals surface area (Å²) in [6.07, 6.45) is 3.47. The van der Waals surface area contributed by atoms with Crippen molar-refractivity contribution in [3.63, 3.8) is 0 Å². The molecule has 4 nitrogen and oxygen atoms in total. The third-order valence-corrected chi connectivity index (χ3v) is 4.65. The SMILES string of the molecule is CCCNC(=O)c1cccc(NC2CCN3CCC2C3)c1. The monoisotopic (exact) mass is 287 g/mol. The third-order valence-electron chi connectivity index (χ3n) is 4.65. The number of hydrogen-bond acceptors (Lipinski definition) is 3. The second-order valence-electron chi connectivity index (χ2n) is 6.23. The summed E-state index contributed by atoms with van der Waals surface area (Å²) in [6.45, 7) is 6.48. The van der Waals surface area contributed by atoms with E-state index in [1.807, 2.05) is 18.2 Å². The van der Waals surface area contributed by atoms with E-state index in [-0.39, 0.29) is 5.91 Å². The van der Waals surface area contributed by atoms with Gasteiger partial charge in [-0.15, -0.1) is 0 Å². The summed E-state index contributed by atoms with van der Waals surface area (Å²) < 4.78 is 0. The number of carbonyl (C=O) groups is 1. The minimum atomic E-state index is 0.0242. The Morgan fingerprint density at radius 1 is 1.33 bits per heavy atom. The van der Waals surface area contributed by atoms with Crippen LogP contribution in [0.15, 0.2) is 24.3 Å². The number of anilines is 1. The van der Waals surface area contributed by atoms with Gasteiger partial charge in [0.05, 0.1) is 0 Å². The molecule has 2 fully saturated rings. The van der Waals surface area contributed by atoms with Gasteiger partial charge in [0, 0.05) is 36.9 Å². The molecular formula is C17H25N3O. The van der Waals surface area contributed by atoms with E-state index in [2.05, 4.69) is 28.5 Å². The molecule has 2 aliphatic heterocycles. The summed E-state index contributed by atoms with van der Waals surface area (Å²) in [4.78, 5) is 14.6. The van der Waals surface area contributed by atoms with Crippen molar-refractivity contribution in [3.8, 4) is 0 Å². The maximum Gasteiger partial charge on any atom is 0.251 e. The average Bonchev–Trinajstić information content (AvgIpc) is 2.91. The largest absolute Gasteiger partial charge is 0.382 e. The highest BCUT2D eigenvalue weighted by atomic mass is 16.1. The number of benzene rings is 1. The van der Waals surface area contributed by atoms with E-state index in [1.165, 1.54) is 32.5 Å². The molecule has 0 aliphatic carbocycles. The molecule has 3 atom stereocenters. The molecule has 0 spiro atoms. The van der Waals surface area contributed by atoms with Gasteiger partial charge in [-0.2, -0.15) is 0 Å². The standard InChI is InChI=1S/C17H25N3O/c1-2-8-18-17(21)13-4-3-5-15(11-13)19-16-7-10-20-9-6-14(16)12-20/h3-5,11,14,16,19H,2,6-10,12H2,1H3,(H,18,21). The van der Waals surface area contributed by atoms with Gasteiger partial charge in [-0.25, -0.2) is 0 Å². The first-order valence-electron chi connectivity index (χ1n) is 8.13. The molecule has 0 radical (unpaired) electrons. The fourth-order valence-corrected chi connectivity index (χ4v) is 3.45. The summed E-state index contributed by atoms with van der Waals surface area (Å²) >= 11 is 0. The average molecular weight is 287 g/mol. The molecule has 2 saturated heterocycles. The van der Waals surface area contributed by atoms with Gasteiger partial charge in [0.1, 0.15) is 0 Å². The molecule has 1 aromatic rings. The molecule has 21 heavy (non-hydrogen) atoms. The van der Waals surface area contributed by atoms with Gasteiger partial charge < -0.3 is 15.5 Å². The highest BCUT2D eigenvalue weighted by Crippen LogP contribution is 2.29. The van der Waals surface area contributed by atoms with Gasteiger partial charge in [0.15, 0.2) is 0 Å². The first kappa shape index (κ1) is 14.4. The lowest BCUT2D eigenvalue weighted by atomic mass is 9.94. The Morgan fingerprint density at radius 3 is 3.05 bits per heavy atom. The Balaban J connectivity index is 1.64. The van der Waals surface area contributed by atoms with Crippen LogP contribution in [0.3, 0.4) is 0 Å². The zero-order valence-electron chi connectivity index (χ0n) is 12.8. The lowest BCUT2D eigenvalue weighted by molar-refractivity contribution is 0.0953. The van der Waals surface area contributed by atoms with Crippen LogP contribution in [0.5, 0.6) is 0 Å². The number of hydrogen-bond donors (Lipinski definition) is 2. The molecule has 114 valence electrons. The first-order valence-corrected chi connectivity index (χ1v) is 8.13. The maximum absolute atomic E-state index is 12.0. The summed E-state index contributed by atoms with van der Waals surface area (Å²) in [5.41, 5.74) is 1.82. The van der Waals surface area contributed by atoms with Gasteiger partial charge in [-0.3, -0.25) is 4.79 Å². The molecule has 3 unspecified atom stereocenters. The number of amides is 1. The Kier molecular flexibility index (Phi) is 4.44. The van der Waals surface area contributed by atoms with E-state index >= 15 is 0 Å². The zero-order valence-corrected chi connectivity index (χ0v) is 12.8. The zero-order chi connectivity index (χ0) is 14.7. The number of nitrogens with zero attached hydrogens (tertiary/aromatic N) is 1. The first-order chi connectivity index (χ1) is 10.3. The van der Waals surface area contributed by atoms with Crippen molar-refractivity contribution in [3.05, 3.63) is 29.8 Å². The smallest absolute Gasteiger partial charge is 0.251 e. The Labute approximate surface area is 126 Å². The Hall–Kier alpha value is -1.55. The van der Waals surface area contributed by atoms with Gasteiger partial charge in [0.2, 0.25) is 0 Å². The highest BCUT2D eigenvalue weighted by molar-refractivity contribution is 5.95. The molecular weight excluding hydrogens is 262 g/mol. The Bertz CT molecular complexity index is 503. The predicted octanol–water partition coefficient (Wildman–Crippen LogP) is 2.33. The molecule has 0 aromatic heterocycles. The Morgan fingerprint density at radius 2 is 2.19 bits per heavy atom.